The summed E-state index contributed by atoms with van der Waals surface area (Å²) in [6.07, 6.45) is 8.67. The third-order valence-corrected chi connectivity index (χ3v) is 8.64. The molecule has 1 aromatic rings. The number of ether oxygens (including phenoxy) is 1. The Morgan fingerprint density at radius 1 is 1.20 bits per heavy atom. The zero-order chi connectivity index (χ0) is 21.5. The molecule has 4 rings (SSSR count). The number of carbonyl (C=O) groups is 1. The number of rotatable bonds is 7. The molecular formula is C24H34O5S. The molecule has 0 saturated heterocycles. The van der Waals surface area contributed by atoms with Crippen molar-refractivity contribution in [1.29, 1.82) is 0 Å². The van der Waals surface area contributed by atoms with Crippen molar-refractivity contribution >= 4 is 15.9 Å². The minimum absolute atomic E-state index is 0.181. The monoisotopic (exact) mass is 434 g/mol. The van der Waals surface area contributed by atoms with Gasteiger partial charge < -0.3 is 4.74 Å². The van der Waals surface area contributed by atoms with E-state index >= 15 is 0 Å². The Hall–Kier alpha value is -1.40. The summed E-state index contributed by atoms with van der Waals surface area (Å²) >= 11 is 0. The molecule has 2 fully saturated rings. The highest BCUT2D eigenvalue weighted by molar-refractivity contribution is 7.85. The van der Waals surface area contributed by atoms with Crippen LogP contribution in [0.2, 0.25) is 0 Å². The first-order chi connectivity index (χ1) is 14.2. The second-order valence-corrected chi connectivity index (χ2v) is 11.4. The van der Waals surface area contributed by atoms with E-state index in [2.05, 4.69) is 25.1 Å². The Kier molecular flexibility index (Phi) is 6.01. The van der Waals surface area contributed by atoms with Crippen molar-refractivity contribution in [2.45, 2.75) is 64.2 Å². The van der Waals surface area contributed by atoms with E-state index in [0.29, 0.717) is 35.9 Å². The molecular weight excluding hydrogens is 400 g/mol. The number of benzene rings is 1. The number of unbranched alkanes of at least 4 members (excludes halogenated alkanes) is 1. The summed E-state index contributed by atoms with van der Waals surface area (Å²) in [6, 6.07) is 6.52. The normalized spacial score (nSPS) is 33.0. The molecule has 30 heavy (non-hydrogen) atoms. The van der Waals surface area contributed by atoms with E-state index in [1.165, 1.54) is 11.1 Å². The van der Waals surface area contributed by atoms with Crippen molar-refractivity contribution in [3.05, 3.63) is 29.3 Å². The molecule has 1 aromatic carbocycles. The number of aryl methyl sites for hydroxylation is 1. The molecule has 6 heteroatoms. The van der Waals surface area contributed by atoms with Gasteiger partial charge in [0, 0.05) is 11.8 Å². The first-order valence-corrected chi connectivity index (χ1v) is 13.1. The number of methoxy groups -OCH3 is 1. The molecule has 0 aromatic heterocycles. The summed E-state index contributed by atoms with van der Waals surface area (Å²) in [5, 5.41) is 0. The van der Waals surface area contributed by atoms with E-state index in [1.807, 2.05) is 0 Å². The molecule has 2 saturated carbocycles. The Labute approximate surface area is 180 Å². The van der Waals surface area contributed by atoms with Gasteiger partial charge in [0.15, 0.2) is 0 Å². The van der Waals surface area contributed by atoms with Gasteiger partial charge in [0.05, 0.1) is 20.0 Å². The zero-order valence-corrected chi connectivity index (χ0v) is 19.2. The maximum absolute atomic E-state index is 13.0. The maximum Gasteiger partial charge on any atom is 0.264 e. The predicted octanol–water partition coefficient (Wildman–Crippen LogP) is 4.49. The Balaban J connectivity index is 1.49. The van der Waals surface area contributed by atoms with Crippen LogP contribution in [0.5, 0.6) is 5.75 Å². The number of hydrogen-bond donors (Lipinski definition) is 0. The van der Waals surface area contributed by atoms with Crippen LogP contribution in [-0.2, 0) is 25.5 Å². The van der Waals surface area contributed by atoms with Crippen molar-refractivity contribution in [3.8, 4) is 5.75 Å². The largest absolute Gasteiger partial charge is 0.497 e. The SMILES string of the molecule is COc1ccc2c(c1)CC[C@@H]1[C@@H]2CC[C@]2(C)C(=O)CC(CCCCOS(C)(=O)=O)[C@@H]12. The molecule has 0 bridgehead atoms. The Morgan fingerprint density at radius 2 is 2.00 bits per heavy atom. The van der Waals surface area contributed by atoms with Gasteiger partial charge in [-0.1, -0.05) is 19.4 Å². The molecule has 166 valence electrons. The standard InChI is InChI=1S/C24H34O5S/c1-24-12-11-20-19-10-8-18(28-2)14-16(19)7-9-21(20)23(24)17(15-22(24)25)6-4-5-13-29-30(3,26)27/h8,10,14,17,20-21,23H,4-7,9,11-13,15H2,1-3H3/t17?,20-,21-,23+,24-/m1/s1. The van der Waals surface area contributed by atoms with Crippen LogP contribution in [0.25, 0.3) is 0 Å². The number of fused-ring (bicyclic) bond motifs is 5. The number of Topliss-reactive ketones (excluding diaryl/α,β-unsaturated/α-hetero) is 1. The van der Waals surface area contributed by atoms with Gasteiger partial charge in [0.2, 0.25) is 0 Å². The summed E-state index contributed by atoms with van der Waals surface area (Å²) in [5.74, 6) is 3.33. The third-order valence-electron chi connectivity index (χ3n) is 8.04. The molecule has 0 amide bonds. The minimum Gasteiger partial charge on any atom is -0.497 e. The van der Waals surface area contributed by atoms with Crippen molar-refractivity contribution < 1.29 is 22.1 Å². The van der Waals surface area contributed by atoms with Crippen LogP contribution in [-0.4, -0.2) is 34.2 Å². The van der Waals surface area contributed by atoms with Gasteiger partial charge in [-0.3, -0.25) is 8.98 Å². The summed E-state index contributed by atoms with van der Waals surface area (Å²) in [6.45, 7) is 2.45. The number of ketones is 1. The number of hydrogen-bond acceptors (Lipinski definition) is 5. The average Bonchev–Trinajstić information content (AvgIpc) is 2.96. The lowest BCUT2D eigenvalue weighted by atomic mass is 9.54. The van der Waals surface area contributed by atoms with Gasteiger partial charge in [0.1, 0.15) is 11.5 Å². The van der Waals surface area contributed by atoms with Gasteiger partial charge in [-0.25, -0.2) is 0 Å². The summed E-state index contributed by atoms with van der Waals surface area (Å²) in [4.78, 5) is 13.0. The Bertz CT molecular complexity index is 908. The number of carbonyl (C=O) groups excluding carboxylic acids is 1. The highest BCUT2D eigenvalue weighted by Gasteiger charge is 2.58. The molecule has 5 atom stereocenters. The van der Waals surface area contributed by atoms with Crippen molar-refractivity contribution in [2.75, 3.05) is 20.0 Å². The van der Waals surface area contributed by atoms with Crippen LogP contribution in [0.1, 0.15) is 68.9 Å². The molecule has 5 nitrogen and oxygen atoms in total. The molecule has 0 radical (unpaired) electrons. The van der Waals surface area contributed by atoms with E-state index < -0.39 is 10.1 Å². The maximum atomic E-state index is 13.0. The van der Waals surface area contributed by atoms with Crippen LogP contribution >= 0.6 is 0 Å². The van der Waals surface area contributed by atoms with Crippen molar-refractivity contribution in [1.82, 2.24) is 0 Å². The quantitative estimate of drug-likeness (QED) is 0.467. The van der Waals surface area contributed by atoms with Crippen molar-refractivity contribution in [3.63, 3.8) is 0 Å². The smallest absolute Gasteiger partial charge is 0.264 e. The lowest BCUT2D eigenvalue weighted by Crippen LogP contribution is -2.44. The molecule has 3 aliphatic carbocycles. The molecule has 0 spiro atoms. The van der Waals surface area contributed by atoms with Crippen LogP contribution in [0, 0.1) is 23.2 Å². The van der Waals surface area contributed by atoms with Crippen LogP contribution < -0.4 is 4.74 Å². The van der Waals surface area contributed by atoms with E-state index in [-0.39, 0.29) is 12.0 Å². The van der Waals surface area contributed by atoms with E-state index in [9.17, 15) is 13.2 Å². The summed E-state index contributed by atoms with van der Waals surface area (Å²) < 4.78 is 32.6. The predicted molar refractivity (Wildman–Crippen MR) is 116 cm³/mol. The zero-order valence-electron chi connectivity index (χ0n) is 18.4. The molecule has 0 N–H and O–H groups in total. The van der Waals surface area contributed by atoms with Crippen molar-refractivity contribution in [2.24, 2.45) is 23.2 Å². The average molecular weight is 435 g/mol. The second-order valence-electron chi connectivity index (χ2n) is 9.76. The van der Waals surface area contributed by atoms with Gasteiger partial charge >= 0.3 is 0 Å². The van der Waals surface area contributed by atoms with Crippen LogP contribution in [0.15, 0.2) is 18.2 Å². The van der Waals surface area contributed by atoms with E-state index in [4.69, 9.17) is 8.92 Å². The highest BCUT2D eigenvalue weighted by atomic mass is 32.2. The topological polar surface area (TPSA) is 69.7 Å². The van der Waals surface area contributed by atoms with Gasteiger partial charge in [-0.05, 0) is 85.5 Å². The second kappa shape index (κ2) is 8.27. The van der Waals surface area contributed by atoms with E-state index in [0.717, 1.165) is 57.0 Å². The third kappa shape index (κ3) is 4.05. The molecule has 0 aliphatic heterocycles. The molecule has 1 unspecified atom stereocenters. The first-order valence-electron chi connectivity index (χ1n) is 11.3. The highest BCUT2D eigenvalue weighted by Crippen LogP contribution is 2.62. The van der Waals surface area contributed by atoms with Gasteiger partial charge in [0.25, 0.3) is 10.1 Å². The lowest BCUT2D eigenvalue weighted by Gasteiger charge is -2.50. The Morgan fingerprint density at radius 3 is 2.73 bits per heavy atom. The molecule has 3 aliphatic rings. The van der Waals surface area contributed by atoms with Crippen LogP contribution in [0.3, 0.4) is 0 Å². The van der Waals surface area contributed by atoms with Gasteiger partial charge in [-0.15, -0.1) is 0 Å². The summed E-state index contributed by atoms with van der Waals surface area (Å²) in [5.41, 5.74) is 2.70. The van der Waals surface area contributed by atoms with Gasteiger partial charge in [-0.2, -0.15) is 8.42 Å². The minimum atomic E-state index is -3.37. The van der Waals surface area contributed by atoms with E-state index in [1.54, 1.807) is 7.11 Å². The summed E-state index contributed by atoms with van der Waals surface area (Å²) in [7, 11) is -1.66. The van der Waals surface area contributed by atoms with Crippen LogP contribution in [0.4, 0.5) is 0 Å². The first kappa shape index (κ1) is 21.8. The molecule has 0 heterocycles. The lowest BCUT2D eigenvalue weighted by molar-refractivity contribution is -0.129. The fourth-order valence-electron chi connectivity index (χ4n) is 6.73. The fraction of sp³-hybridized carbons (Fsp3) is 0.708. The fourth-order valence-corrected chi connectivity index (χ4v) is 7.15.